The van der Waals surface area contributed by atoms with Gasteiger partial charge < -0.3 is 10.5 Å². The Labute approximate surface area is 116 Å². The second kappa shape index (κ2) is 6.02. The minimum absolute atomic E-state index is 0.139. The molecule has 0 aliphatic heterocycles. The van der Waals surface area contributed by atoms with Crippen molar-refractivity contribution in [3.8, 4) is 5.75 Å². The van der Waals surface area contributed by atoms with E-state index in [0.717, 1.165) is 12.8 Å². The van der Waals surface area contributed by atoms with Crippen molar-refractivity contribution >= 4 is 15.9 Å². The van der Waals surface area contributed by atoms with Gasteiger partial charge in [0.25, 0.3) is 0 Å². The highest BCUT2D eigenvalue weighted by Gasteiger charge is 2.29. The highest BCUT2D eigenvalue weighted by Crippen LogP contribution is 2.34. The summed E-state index contributed by atoms with van der Waals surface area (Å²) in [5.41, 5.74) is 5.80. The first-order valence-corrected chi connectivity index (χ1v) is 7.21. The Morgan fingerprint density at radius 2 is 2.22 bits per heavy atom. The van der Waals surface area contributed by atoms with Gasteiger partial charge in [-0.2, -0.15) is 0 Å². The fraction of sp³-hybridized carbons (Fsp3) is 0.571. The van der Waals surface area contributed by atoms with Crippen molar-refractivity contribution in [3.05, 3.63) is 28.5 Å². The van der Waals surface area contributed by atoms with Crippen LogP contribution in [0.3, 0.4) is 0 Å². The molecule has 0 aromatic heterocycles. The van der Waals surface area contributed by atoms with Crippen LogP contribution in [-0.2, 0) is 0 Å². The van der Waals surface area contributed by atoms with Gasteiger partial charge in [-0.3, -0.25) is 0 Å². The molecule has 2 rings (SSSR count). The normalized spacial score (nSPS) is 28.1. The molecule has 0 spiro atoms. The minimum atomic E-state index is -0.262. The molecule has 1 saturated carbocycles. The van der Waals surface area contributed by atoms with E-state index in [0.29, 0.717) is 28.6 Å². The summed E-state index contributed by atoms with van der Waals surface area (Å²) in [6.07, 6.45) is 3.49. The summed E-state index contributed by atoms with van der Waals surface area (Å²) in [7, 11) is 0. The molecular weight excluding hydrogens is 297 g/mol. The van der Waals surface area contributed by atoms with Gasteiger partial charge in [0.15, 0.2) is 0 Å². The molecule has 0 bridgehead atoms. The predicted octanol–water partition coefficient (Wildman–Crippen LogP) is 3.73. The smallest absolute Gasteiger partial charge is 0.134 e. The molecule has 1 aromatic carbocycles. The Balaban J connectivity index is 2.10. The third-order valence-corrected chi connectivity index (χ3v) is 4.29. The Morgan fingerprint density at radius 3 is 2.89 bits per heavy atom. The van der Waals surface area contributed by atoms with Crippen molar-refractivity contribution in [3.63, 3.8) is 0 Å². The van der Waals surface area contributed by atoms with Gasteiger partial charge >= 0.3 is 0 Å². The molecule has 2 nitrogen and oxygen atoms in total. The number of ether oxygens (including phenoxy) is 1. The van der Waals surface area contributed by atoms with E-state index in [1.807, 2.05) is 0 Å². The molecule has 3 atom stereocenters. The molecule has 1 aromatic rings. The average molecular weight is 316 g/mol. The monoisotopic (exact) mass is 315 g/mol. The molecular formula is C14H19BrFNO. The molecule has 0 radical (unpaired) electrons. The maximum Gasteiger partial charge on any atom is 0.134 e. The van der Waals surface area contributed by atoms with Crippen LogP contribution in [0.2, 0.25) is 0 Å². The standard InChI is InChI=1S/C14H19BrFNO/c1-9-2-3-10(8-17)14(6-9)18-13-5-4-11(16)7-12(13)15/h4-5,7,9-10,14H,2-3,6,8,17H2,1H3. The van der Waals surface area contributed by atoms with Crippen LogP contribution in [0.4, 0.5) is 4.39 Å². The van der Waals surface area contributed by atoms with Gasteiger partial charge in [-0.15, -0.1) is 0 Å². The van der Waals surface area contributed by atoms with Crippen LogP contribution in [0.25, 0.3) is 0 Å². The summed E-state index contributed by atoms with van der Waals surface area (Å²) in [6.45, 7) is 2.89. The lowest BCUT2D eigenvalue weighted by Crippen LogP contribution is -2.37. The molecule has 1 fully saturated rings. The van der Waals surface area contributed by atoms with Crippen LogP contribution in [0, 0.1) is 17.7 Å². The molecule has 0 saturated heterocycles. The van der Waals surface area contributed by atoms with E-state index in [2.05, 4.69) is 22.9 Å². The Bertz CT molecular complexity index is 413. The SMILES string of the molecule is CC1CCC(CN)C(Oc2ccc(F)cc2Br)C1. The number of nitrogens with two attached hydrogens (primary N) is 1. The third-order valence-electron chi connectivity index (χ3n) is 3.67. The van der Waals surface area contributed by atoms with E-state index < -0.39 is 0 Å². The quantitative estimate of drug-likeness (QED) is 0.922. The van der Waals surface area contributed by atoms with Crippen LogP contribution in [-0.4, -0.2) is 12.6 Å². The number of hydrogen-bond donors (Lipinski definition) is 1. The van der Waals surface area contributed by atoms with Crippen LogP contribution >= 0.6 is 15.9 Å². The van der Waals surface area contributed by atoms with Gasteiger partial charge in [-0.1, -0.05) is 13.3 Å². The topological polar surface area (TPSA) is 35.2 Å². The molecule has 4 heteroatoms. The number of benzene rings is 1. The highest BCUT2D eigenvalue weighted by atomic mass is 79.9. The van der Waals surface area contributed by atoms with Gasteiger partial charge in [0.1, 0.15) is 17.7 Å². The van der Waals surface area contributed by atoms with E-state index in [1.54, 1.807) is 6.07 Å². The van der Waals surface area contributed by atoms with Crippen LogP contribution in [0.15, 0.2) is 22.7 Å². The second-order valence-electron chi connectivity index (χ2n) is 5.15. The van der Waals surface area contributed by atoms with Gasteiger partial charge in [0, 0.05) is 5.92 Å². The van der Waals surface area contributed by atoms with E-state index in [4.69, 9.17) is 10.5 Å². The van der Waals surface area contributed by atoms with Gasteiger partial charge in [0.2, 0.25) is 0 Å². The van der Waals surface area contributed by atoms with Crippen LogP contribution in [0.5, 0.6) is 5.75 Å². The molecule has 18 heavy (non-hydrogen) atoms. The first-order chi connectivity index (χ1) is 8.60. The summed E-state index contributed by atoms with van der Waals surface area (Å²) in [6, 6.07) is 4.52. The Morgan fingerprint density at radius 1 is 1.44 bits per heavy atom. The fourth-order valence-electron chi connectivity index (χ4n) is 2.54. The molecule has 1 aliphatic rings. The maximum atomic E-state index is 13.0. The van der Waals surface area contributed by atoms with E-state index in [1.165, 1.54) is 18.6 Å². The first kappa shape index (κ1) is 13.8. The van der Waals surface area contributed by atoms with Gasteiger partial charge in [-0.05, 0) is 59.4 Å². The lowest BCUT2D eigenvalue weighted by atomic mass is 9.80. The zero-order valence-electron chi connectivity index (χ0n) is 10.5. The third kappa shape index (κ3) is 3.23. The molecule has 0 heterocycles. The number of hydrogen-bond acceptors (Lipinski definition) is 2. The molecule has 1 aliphatic carbocycles. The molecule has 0 amide bonds. The van der Waals surface area contributed by atoms with E-state index in [-0.39, 0.29) is 11.9 Å². The van der Waals surface area contributed by atoms with Crippen LogP contribution in [0.1, 0.15) is 26.2 Å². The van der Waals surface area contributed by atoms with E-state index in [9.17, 15) is 4.39 Å². The molecule has 100 valence electrons. The summed E-state index contributed by atoms with van der Waals surface area (Å²) < 4.78 is 19.7. The predicted molar refractivity (Wildman–Crippen MR) is 74.1 cm³/mol. The van der Waals surface area contributed by atoms with Gasteiger partial charge in [-0.25, -0.2) is 4.39 Å². The van der Waals surface area contributed by atoms with Crippen molar-refractivity contribution in [2.75, 3.05) is 6.54 Å². The largest absolute Gasteiger partial charge is 0.489 e. The second-order valence-corrected chi connectivity index (χ2v) is 6.00. The summed E-state index contributed by atoms with van der Waals surface area (Å²) >= 11 is 3.33. The van der Waals surface area contributed by atoms with Crippen molar-refractivity contribution in [2.45, 2.75) is 32.3 Å². The van der Waals surface area contributed by atoms with E-state index >= 15 is 0 Å². The summed E-state index contributed by atoms with van der Waals surface area (Å²) in [4.78, 5) is 0. The van der Waals surface area contributed by atoms with Crippen molar-refractivity contribution < 1.29 is 9.13 Å². The number of rotatable bonds is 3. The van der Waals surface area contributed by atoms with Crippen molar-refractivity contribution in [2.24, 2.45) is 17.6 Å². The maximum absolute atomic E-state index is 13.0. The van der Waals surface area contributed by atoms with Crippen molar-refractivity contribution in [1.29, 1.82) is 0 Å². The first-order valence-electron chi connectivity index (χ1n) is 6.42. The summed E-state index contributed by atoms with van der Waals surface area (Å²) in [5.74, 6) is 1.51. The Kier molecular flexibility index (Phi) is 4.62. The van der Waals surface area contributed by atoms with Crippen LogP contribution < -0.4 is 10.5 Å². The number of halogens is 2. The lowest BCUT2D eigenvalue weighted by Gasteiger charge is -2.34. The molecule has 3 unspecified atom stereocenters. The average Bonchev–Trinajstić information content (AvgIpc) is 2.33. The van der Waals surface area contributed by atoms with Crippen molar-refractivity contribution in [1.82, 2.24) is 0 Å². The highest BCUT2D eigenvalue weighted by molar-refractivity contribution is 9.10. The van der Waals surface area contributed by atoms with Gasteiger partial charge in [0.05, 0.1) is 4.47 Å². The zero-order valence-corrected chi connectivity index (χ0v) is 12.1. The minimum Gasteiger partial charge on any atom is -0.489 e. The fourth-order valence-corrected chi connectivity index (χ4v) is 2.98. The molecule has 2 N–H and O–H groups in total. The zero-order chi connectivity index (χ0) is 13.1. The summed E-state index contributed by atoms with van der Waals surface area (Å²) in [5, 5.41) is 0. The Hall–Kier alpha value is -0.610. The lowest BCUT2D eigenvalue weighted by molar-refractivity contribution is 0.0734.